The molecule has 5 rings (SSSR count). The molecule has 1 fully saturated rings. The lowest BCUT2D eigenvalue weighted by Gasteiger charge is -2.32. The second-order valence-electron chi connectivity index (χ2n) is 7.95. The summed E-state index contributed by atoms with van der Waals surface area (Å²) in [5.74, 6) is 0.0597. The molecule has 0 spiro atoms. The summed E-state index contributed by atoms with van der Waals surface area (Å²) in [4.78, 5) is 25.6. The maximum atomic E-state index is 12.8. The van der Waals surface area contributed by atoms with Crippen molar-refractivity contribution in [2.75, 3.05) is 13.2 Å². The van der Waals surface area contributed by atoms with Crippen molar-refractivity contribution in [2.45, 2.75) is 18.9 Å². The molecule has 1 saturated heterocycles. The van der Waals surface area contributed by atoms with Crippen LogP contribution in [0.15, 0.2) is 72.8 Å². The van der Waals surface area contributed by atoms with Crippen LogP contribution >= 0.6 is 0 Å². The van der Waals surface area contributed by atoms with Crippen LogP contribution in [0.2, 0.25) is 0 Å². The van der Waals surface area contributed by atoms with Gasteiger partial charge in [-0.1, -0.05) is 60.7 Å². The number of amides is 1. The van der Waals surface area contributed by atoms with Gasteiger partial charge in [0.15, 0.2) is 5.78 Å². The molecule has 3 aromatic carbocycles. The van der Waals surface area contributed by atoms with Crippen LogP contribution in [0.4, 0.5) is 0 Å². The Balaban J connectivity index is 1.31. The van der Waals surface area contributed by atoms with Gasteiger partial charge in [-0.15, -0.1) is 0 Å². The molecule has 0 saturated carbocycles. The Morgan fingerprint density at radius 2 is 1.63 bits per heavy atom. The summed E-state index contributed by atoms with van der Waals surface area (Å²) in [6, 6.07) is 23.2. The molecule has 2 atom stereocenters. The summed E-state index contributed by atoms with van der Waals surface area (Å²) in [6.45, 7) is 1.29. The van der Waals surface area contributed by atoms with Gasteiger partial charge in [-0.25, -0.2) is 0 Å². The third kappa shape index (κ3) is 3.33. The van der Waals surface area contributed by atoms with E-state index < -0.39 is 0 Å². The average Bonchev–Trinajstić information content (AvgIpc) is 3.10. The molecule has 1 aliphatic carbocycles. The van der Waals surface area contributed by atoms with Crippen LogP contribution in [0.5, 0.6) is 0 Å². The summed E-state index contributed by atoms with van der Waals surface area (Å²) in [5, 5.41) is 3.07. The molecule has 1 amide bonds. The summed E-state index contributed by atoms with van der Waals surface area (Å²) < 4.78 is 6.03. The zero-order chi connectivity index (χ0) is 20.5. The minimum absolute atomic E-state index is 0.00338. The van der Waals surface area contributed by atoms with Gasteiger partial charge in [0.1, 0.15) is 0 Å². The number of rotatable bonds is 4. The van der Waals surface area contributed by atoms with Crippen molar-refractivity contribution in [3.8, 4) is 11.1 Å². The van der Waals surface area contributed by atoms with Gasteiger partial charge in [0.25, 0.3) is 5.91 Å². The molecule has 3 aromatic rings. The van der Waals surface area contributed by atoms with Crippen LogP contribution in [-0.2, 0) is 4.74 Å². The molecule has 0 radical (unpaired) electrons. The SMILES string of the molecule is O=C(NCC1CCCOC1c1ccccc1)c1ccc2c(c1)C(=O)c1ccccc1-2. The molecule has 0 bridgehead atoms. The van der Waals surface area contributed by atoms with Crippen LogP contribution in [0.3, 0.4) is 0 Å². The van der Waals surface area contributed by atoms with Crippen molar-refractivity contribution in [3.05, 3.63) is 95.1 Å². The molecule has 4 nitrogen and oxygen atoms in total. The second-order valence-corrected chi connectivity index (χ2v) is 7.95. The largest absolute Gasteiger partial charge is 0.373 e. The van der Waals surface area contributed by atoms with Crippen LogP contribution in [0.25, 0.3) is 11.1 Å². The van der Waals surface area contributed by atoms with E-state index in [0.717, 1.165) is 36.1 Å². The monoisotopic (exact) mass is 397 g/mol. The van der Waals surface area contributed by atoms with Gasteiger partial charge in [-0.2, -0.15) is 0 Å². The molecule has 2 unspecified atom stereocenters. The number of carbonyl (C=O) groups excluding carboxylic acids is 2. The highest BCUT2D eigenvalue weighted by Crippen LogP contribution is 2.37. The third-order valence-electron chi connectivity index (χ3n) is 6.09. The fourth-order valence-electron chi connectivity index (χ4n) is 4.56. The Hall–Kier alpha value is -3.24. The van der Waals surface area contributed by atoms with Gasteiger partial charge in [0.05, 0.1) is 6.10 Å². The zero-order valence-electron chi connectivity index (χ0n) is 16.6. The number of carbonyl (C=O) groups is 2. The van der Waals surface area contributed by atoms with E-state index in [2.05, 4.69) is 17.4 Å². The van der Waals surface area contributed by atoms with Crippen LogP contribution in [0, 0.1) is 5.92 Å². The number of hydrogen-bond donors (Lipinski definition) is 1. The summed E-state index contributed by atoms with van der Waals surface area (Å²) >= 11 is 0. The predicted octanol–water partition coefficient (Wildman–Crippen LogP) is 4.80. The van der Waals surface area contributed by atoms with Gasteiger partial charge in [-0.3, -0.25) is 9.59 Å². The maximum absolute atomic E-state index is 12.8. The van der Waals surface area contributed by atoms with E-state index >= 15 is 0 Å². The number of fused-ring (bicyclic) bond motifs is 3. The molecular weight excluding hydrogens is 374 g/mol. The average molecular weight is 397 g/mol. The van der Waals surface area contributed by atoms with Crippen molar-refractivity contribution in [1.82, 2.24) is 5.32 Å². The van der Waals surface area contributed by atoms with E-state index in [4.69, 9.17) is 4.74 Å². The maximum Gasteiger partial charge on any atom is 0.251 e. The van der Waals surface area contributed by atoms with Crippen molar-refractivity contribution in [1.29, 1.82) is 0 Å². The first kappa shape index (κ1) is 18.8. The summed E-state index contributed by atoms with van der Waals surface area (Å²) in [7, 11) is 0. The summed E-state index contributed by atoms with van der Waals surface area (Å²) in [5.41, 5.74) is 4.81. The lowest BCUT2D eigenvalue weighted by molar-refractivity contribution is -0.0272. The minimum Gasteiger partial charge on any atom is -0.373 e. The topological polar surface area (TPSA) is 55.4 Å². The molecule has 1 aliphatic heterocycles. The van der Waals surface area contributed by atoms with Crippen LogP contribution in [0.1, 0.15) is 50.8 Å². The molecule has 0 aromatic heterocycles. The van der Waals surface area contributed by atoms with Gasteiger partial charge in [0, 0.05) is 35.8 Å². The van der Waals surface area contributed by atoms with Crippen LogP contribution in [-0.4, -0.2) is 24.8 Å². The van der Waals surface area contributed by atoms with E-state index in [-0.39, 0.29) is 23.7 Å². The summed E-state index contributed by atoms with van der Waals surface area (Å²) in [6.07, 6.45) is 2.00. The fourth-order valence-corrected chi connectivity index (χ4v) is 4.56. The highest BCUT2D eigenvalue weighted by atomic mass is 16.5. The Morgan fingerprint density at radius 1 is 0.900 bits per heavy atom. The Kier molecular flexibility index (Phi) is 4.93. The van der Waals surface area contributed by atoms with Gasteiger partial charge in [-0.05, 0) is 41.7 Å². The fraction of sp³-hybridized carbons (Fsp3) is 0.231. The van der Waals surface area contributed by atoms with Crippen LogP contribution < -0.4 is 5.32 Å². The Morgan fingerprint density at radius 3 is 2.47 bits per heavy atom. The highest BCUT2D eigenvalue weighted by Gasteiger charge is 2.29. The van der Waals surface area contributed by atoms with Crippen molar-refractivity contribution in [3.63, 3.8) is 0 Å². The molecular formula is C26H23NO3. The van der Waals surface area contributed by atoms with E-state index in [1.165, 1.54) is 0 Å². The zero-order valence-corrected chi connectivity index (χ0v) is 16.6. The molecule has 2 aliphatic rings. The van der Waals surface area contributed by atoms with Gasteiger partial charge >= 0.3 is 0 Å². The van der Waals surface area contributed by atoms with E-state index in [1.54, 1.807) is 12.1 Å². The first-order chi connectivity index (χ1) is 14.7. The normalized spacial score (nSPS) is 19.8. The molecule has 1 N–H and O–H groups in total. The Labute approximate surface area is 175 Å². The number of hydrogen-bond acceptors (Lipinski definition) is 3. The minimum atomic E-state index is -0.154. The smallest absolute Gasteiger partial charge is 0.251 e. The first-order valence-electron chi connectivity index (χ1n) is 10.5. The number of benzene rings is 3. The second kappa shape index (κ2) is 7.88. The predicted molar refractivity (Wildman–Crippen MR) is 116 cm³/mol. The van der Waals surface area contributed by atoms with Gasteiger partial charge < -0.3 is 10.1 Å². The van der Waals surface area contributed by atoms with E-state index in [1.807, 2.05) is 48.5 Å². The Bertz CT molecular complexity index is 1110. The quantitative estimate of drug-likeness (QED) is 0.538. The van der Waals surface area contributed by atoms with E-state index in [9.17, 15) is 9.59 Å². The first-order valence-corrected chi connectivity index (χ1v) is 10.5. The molecule has 150 valence electrons. The lowest BCUT2D eigenvalue weighted by atomic mass is 9.89. The standard InChI is InChI=1S/C26H23NO3/c28-24-22-11-5-4-10-20(22)21-13-12-18(15-23(21)24)26(29)27-16-19-9-6-14-30-25(19)17-7-2-1-3-8-17/h1-5,7-8,10-13,15,19,25H,6,9,14,16H2,(H,27,29). The lowest BCUT2D eigenvalue weighted by Crippen LogP contribution is -2.35. The molecule has 4 heteroatoms. The van der Waals surface area contributed by atoms with Crippen molar-refractivity contribution in [2.24, 2.45) is 5.92 Å². The number of ether oxygens (including phenoxy) is 1. The van der Waals surface area contributed by atoms with Gasteiger partial charge in [0.2, 0.25) is 0 Å². The van der Waals surface area contributed by atoms with Crippen molar-refractivity contribution < 1.29 is 14.3 Å². The van der Waals surface area contributed by atoms with E-state index in [0.29, 0.717) is 23.2 Å². The number of ketones is 1. The van der Waals surface area contributed by atoms with Crippen molar-refractivity contribution >= 4 is 11.7 Å². The highest BCUT2D eigenvalue weighted by molar-refractivity contribution is 6.22. The molecule has 30 heavy (non-hydrogen) atoms. The third-order valence-corrected chi connectivity index (χ3v) is 6.09. The number of nitrogens with one attached hydrogen (secondary N) is 1. The molecule has 1 heterocycles.